The van der Waals surface area contributed by atoms with Gasteiger partial charge >= 0.3 is 11.7 Å². The van der Waals surface area contributed by atoms with E-state index in [0.717, 1.165) is 4.57 Å². The summed E-state index contributed by atoms with van der Waals surface area (Å²) >= 11 is 0. The molecule has 0 bridgehead atoms. The molecule has 2 rings (SSSR count). The van der Waals surface area contributed by atoms with Gasteiger partial charge in [-0.3, -0.25) is 23.3 Å². The van der Waals surface area contributed by atoms with Crippen LogP contribution in [0.25, 0.3) is 11.2 Å². The Hall–Kier alpha value is -2.58. The molecular weight excluding hydrogens is 292 g/mol. The fraction of sp³-hybridized carbons (Fsp3) is 0.538. The first kappa shape index (κ1) is 15.8. The van der Waals surface area contributed by atoms with Crippen LogP contribution in [-0.2, 0) is 30.2 Å². The summed E-state index contributed by atoms with van der Waals surface area (Å²) in [7, 11) is 5.69. The number of ether oxygens (including phenoxy) is 2. The highest BCUT2D eigenvalue weighted by molar-refractivity contribution is 5.72. The van der Waals surface area contributed by atoms with Crippen molar-refractivity contribution in [1.82, 2.24) is 18.7 Å². The fourth-order valence-electron chi connectivity index (χ4n) is 2.27. The minimum atomic E-state index is -0.459. The van der Waals surface area contributed by atoms with E-state index in [1.807, 2.05) is 0 Å². The Labute approximate surface area is 125 Å². The number of hydrogen-bond acceptors (Lipinski definition) is 6. The lowest BCUT2D eigenvalue weighted by Crippen LogP contribution is -2.37. The summed E-state index contributed by atoms with van der Waals surface area (Å²) in [6, 6.07) is 0.221. The van der Waals surface area contributed by atoms with Gasteiger partial charge in [0.05, 0.1) is 14.2 Å². The third kappa shape index (κ3) is 2.49. The molecule has 0 aliphatic carbocycles. The standard InChI is InChI=1S/C13H18N4O5/c1-15-10-9(11(19)16(2)13(15)20)17(12(14-10)22-4)7-5-6-8(18)21-3/h5-7H2,1-4H3. The van der Waals surface area contributed by atoms with E-state index in [1.165, 1.54) is 32.9 Å². The lowest BCUT2D eigenvalue weighted by Gasteiger charge is -2.08. The molecular formula is C13H18N4O5. The molecule has 2 heterocycles. The highest BCUT2D eigenvalue weighted by atomic mass is 16.5. The smallest absolute Gasteiger partial charge is 0.332 e. The third-order valence-corrected chi connectivity index (χ3v) is 3.49. The number of imidazole rings is 1. The summed E-state index contributed by atoms with van der Waals surface area (Å²) in [5.41, 5.74) is -0.388. The van der Waals surface area contributed by atoms with Crippen LogP contribution >= 0.6 is 0 Å². The second kappa shape index (κ2) is 6.04. The predicted molar refractivity (Wildman–Crippen MR) is 78.0 cm³/mol. The molecule has 0 amide bonds. The van der Waals surface area contributed by atoms with Gasteiger partial charge < -0.3 is 9.47 Å². The predicted octanol–water partition coefficient (Wildman–Crippen LogP) is -0.604. The summed E-state index contributed by atoms with van der Waals surface area (Å²) in [6.07, 6.45) is 0.673. The monoisotopic (exact) mass is 310 g/mol. The van der Waals surface area contributed by atoms with Crippen molar-refractivity contribution in [1.29, 1.82) is 0 Å². The first-order valence-electron chi connectivity index (χ1n) is 6.69. The quantitative estimate of drug-likeness (QED) is 0.684. The van der Waals surface area contributed by atoms with Crippen LogP contribution in [0.4, 0.5) is 0 Å². The molecule has 0 N–H and O–H groups in total. The molecule has 0 spiro atoms. The number of carbonyl (C=O) groups is 1. The number of carbonyl (C=O) groups excluding carboxylic acids is 1. The molecule has 0 atom stereocenters. The number of nitrogens with zero attached hydrogens (tertiary/aromatic N) is 4. The van der Waals surface area contributed by atoms with Gasteiger partial charge in [-0.2, -0.15) is 4.98 Å². The van der Waals surface area contributed by atoms with Crippen LogP contribution in [0.2, 0.25) is 0 Å². The van der Waals surface area contributed by atoms with Crippen molar-refractivity contribution in [2.75, 3.05) is 14.2 Å². The second-order valence-electron chi connectivity index (χ2n) is 4.81. The van der Waals surface area contributed by atoms with Gasteiger partial charge in [0, 0.05) is 27.1 Å². The number of methoxy groups -OCH3 is 2. The number of esters is 1. The highest BCUT2D eigenvalue weighted by Crippen LogP contribution is 2.18. The number of fused-ring (bicyclic) bond motifs is 1. The van der Waals surface area contributed by atoms with Gasteiger partial charge in [-0.25, -0.2) is 4.79 Å². The molecule has 0 saturated heterocycles. The average molecular weight is 310 g/mol. The first-order valence-corrected chi connectivity index (χ1v) is 6.69. The molecule has 0 aromatic carbocycles. The van der Waals surface area contributed by atoms with E-state index >= 15 is 0 Å². The van der Waals surface area contributed by atoms with Gasteiger partial charge in [0.2, 0.25) is 0 Å². The number of aryl methyl sites for hydroxylation is 2. The molecule has 22 heavy (non-hydrogen) atoms. The Morgan fingerprint density at radius 3 is 2.45 bits per heavy atom. The Morgan fingerprint density at radius 2 is 1.86 bits per heavy atom. The summed E-state index contributed by atoms with van der Waals surface area (Å²) < 4.78 is 13.6. The molecule has 0 unspecified atom stereocenters. The summed E-state index contributed by atoms with van der Waals surface area (Å²) in [5, 5.41) is 0. The van der Waals surface area contributed by atoms with Gasteiger partial charge in [-0.15, -0.1) is 0 Å². The summed E-state index contributed by atoms with van der Waals surface area (Å²) in [6.45, 7) is 0.349. The Balaban J connectivity index is 2.55. The van der Waals surface area contributed by atoms with Crippen molar-refractivity contribution in [3.63, 3.8) is 0 Å². The van der Waals surface area contributed by atoms with Crippen molar-refractivity contribution < 1.29 is 14.3 Å². The van der Waals surface area contributed by atoms with Crippen LogP contribution in [0.1, 0.15) is 12.8 Å². The van der Waals surface area contributed by atoms with Crippen molar-refractivity contribution >= 4 is 17.1 Å². The van der Waals surface area contributed by atoms with Crippen LogP contribution in [0.3, 0.4) is 0 Å². The number of hydrogen-bond donors (Lipinski definition) is 0. The SMILES string of the molecule is COC(=O)CCCn1c(OC)nc2c1c(=O)n(C)c(=O)n2C. The zero-order chi connectivity index (χ0) is 16.4. The lowest BCUT2D eigenvalue weighted by atomic mass is 10.3. The molecule has 0 saturated carbocycles. The van der Waals surface area contributed by atoms with Gasteiger partial charge in [-0.1, -0.05) is 0 Å². The van der Waals surface area contributed by atoms with Crippen LogP contribution in [0.15, 0.2) is 9.59 Å². The van der Waals surface area contributed by atoms with Crippen molar-refractivity contribution in [3.05, 3.63) is 20.8 Å². The third-order valence-electron chi connectivity index (χ3n) is 3.49. The maximum absolute atomic E-state index is 12.3. The molecule has 0 aliphatic rings. The lowest BCUT2D eigenvalue weighted by molar-refractivity contribution is -0.140. The molecule has 9 nitrogen and oxygen atoms in total. The first-order chi connectivity index (χ1) is 10.4. The zero-order valence-corrected chi connectivity index (χ0v) is 13.0. The van der Waals surface area contributed by atoms with Crippen LogP contribution < -0.4 is 16.0 Å². The zero-order valence-electron chi connectivity index (χ0n) is 13.0. The normalized spacial score (nSPS) is 10.9. The van der Waals surface area contributed by atoms with Gasteiger partial charge in [-0.05, 0) is 6.42 Å². The van der Waals surface area contributed by atoms with E-state index in [4.69, 9.17) is 4.74 Å². The van der Waals surface area contributed by atoms with Gasteiger partial charge in [0.15, 0.2) is 11.2 Å². The minimum absolute atomic E-state index is 0.214. The van der Waals surface area contributed by atoms with Crippen LogP contribution in [-0.4, -0.2) is 38.9 Å². The van der Waals surface area contributed by atoms with E-state index in [2.05, 4.69) is 9.72 Å². The Bertz CT molecular complexity index is 830. The van der Waals surface area contributed by atoms with Crippen LogP contribution in [0, 0.1) is 0 Å². The minimum Gasteiger partial charge on any atom is -0.469 e. The Kier molecular flexibility index (Phi) is 4.34. The maximum atomic E-state index is 12.3. The second-order valence-corrected chi connectivity index (χ2v) is 4.81. The van der Waals surface area contributed by atoms with E-state index in [0.29, 0.717) is 13.0 Å². The molecule has 0 fully saturated rings. The van der Waals surface area contributed by atoms with E-state index < -0.39 is 11.2 Å². The van der Waals surface area contributed by atoms with Crippen LogP contribution in [0.5, 0.6) is 6.01 Å². The van der Waals surface area contributed by atoms with Gasteiger partial charge in [0.25, 0.3) is 11.6 Å². The molecule has 2 aromatic heterocycles. The molecule has 2 aromatic rings. The van der Waals surface area contributed by atoms with E-state index in [9.17, 15) is 14.4 Å². The van der Waals surface area contributed by atoms with Gasteiger partial charge in [0.1, 0.15) is 0 Å². The highest BCUT2D eigenvalue weighted by Gasteiger charge is 2.19. The largest absolute Gasteiger partial charge is 0.469 e. The fourth-order valence-corrected chi connectivity index (χ4v) is 2.27. The number of rotatable bonds is 5. The van der Waals surface area contributed by atoms with Crippen molar-refractivity contribution in [2.24, 2.45) is 14.1 Å². The average Bonchev–Trinajstić information content (AvgIpc) is 2.89. The van der Waals surface area contributed by atoms with E-state index in [-0.39, 0.29) is 29.6 Å². The maximum Gasteiger partial charge on any atom is 0.332 e. The molecule has 120 valence electrons. The van der Waals surface area contributed by atoms with Crippen molar-refractivity contribution in [3.8, 4) is 6.01 Å². The molecule has 0 aliphatic heterocycles. The number of aromatic nitrogens is 4. The van der Waals surface area contributed by atoms with E-state index in [1.54, 1.807) is 4.57 Å². The summed E-state index contributed by atoms with van der Waals surface area (Å²) in [5.74, 6) is -0.330. The topological polar surface area (TPSA) is 97.3 Å². The molecule has 0 radical (unpaired) electrons. The molecule has 9 heteroatoms. The summed E-state index contributed by atoms with van der Waals surface area (Å²) in [4.78, 5) is 39.6. The van der Waals surface area contributed by atoms with Crippen molar-refractivity contribution in [2.45, 2.75) is 19.4 Å². The Morgan fingerprint density at radius 1 is 1.18 bits per heavy atom.